The molecule has 3 atom stereocenters. The predicted octanol–water partition coefficient (Wildman–Crippen LogP) is 6.42. The van der Waals surface area contributed by atoms with Crippen LogP contribution in [0.2, 0.25) is 10.0 Å². The molecule has 0 radical (unpaired) electrons. The van der Waals surface area contributed by atoms with E-state index in [4.69, 9.17) is 27.9 Å². The average molecular weight is 748 g/mol. The van der Waals surface area contributed by atoms with Crippen LogP contribution in [-0.2, 0) is 25.6 Å². The summed E-state index contributed by atoms with van der Waals surface area (Å²) in [5.41, 5.74) is 1.07. The molecule has 3 aromatic carbocycles. The maximum Gasteiger partial charge on any atom is 0.383 e. The summed E-state index contributed by atoms with van der Waals surface area (Å²) in [7, 11) is 0. The number of hydrogen-bond donors (Lipinski definition) is 3. The number of amides is 3. The number of benzene rings is 3. The maximum absolute atomic E-state index is 15.4. The summed E-state index contributed by atoms with van der Waals surface area (Å²) in [5, 5.41) is 7.82. The molecular weight excluding hydrogens is 701 g/mol. The Morgan fingerprint density at radius 2 is 1.37 bits per heavy atom. The molecule has 3 aromatic rings. The zero-order chi connectivity index (χ0) is 37.6. The van der Waals surface area contributed by atoms with E-state index in [-0.39, 0.29) is 28.8 Å². The van der Waals surface area contributed by atoms with E-state index in [1.807, 2.05) is 24.8 Å². The van der Waals surface area contributed by atoms with Crippen LogP contribution in [0.25, 0.3) is 0 Å². The first-order chi connectivity index (χ1) is 24.3. The van der Waals surface area contributed by atoms with Gasteiger partial charge in [0.2, 0.25) is 11.7 Å². The van der Waals surface area contributed by atoms with Crippen LogP contribution in [-0.4, -0.2) is 72.7 Å². The summed E-state index contributed by atoms with van der Waals surface area (Å²) in [5.74, 6) is -10.2. The van der Waals surface area contributed by atoms with Gasteiger partial charge in [-0.1, -0.05) is 112 Å². The maximum atomic E-state index is 15.4. The monoisotopic (exact) mass is 746 g/mol. The smallest absolute Gasteiger partial charge is 0.383 e. The van der Waals surface area contributed by atoms with Crippen molar-refractivity contribution in [2.75, 3.05) is 26.2 Å². The Labute approximate surface area is 308 Å². The third-order valence-electron chi connectivity index (χ3n) is 7.99. The Balaban J connectivity index is 1.84. The van der Waals surface area contributed by atoms with Gasteiger partial charge in [0.15, 0.2) is 6.10 Å². The molecule has 0 aliphatic rings. The second-order valence-electron chi connectivity index (χ2n) is 12.5. The lowest BCUT2D eigenvalue weighted by atomic mass is 9.94. The van der Waals surface area contributed by atoms with Gasteiger partial charge in [-0.25, -0.2) is 0 Å². The van der Waals surface area contributed by atoms with Crippen molar-refractivity contribution in [2.24, 2.45) is 5.92 Å². The first-order valence-electron chi connectivity index (χ1n) is 17.0. The second-order valence-corrected chi connectivity index (χ2v) is 13.4. The average Bonchev–Trinajstić information content (AvgIpc) is 3.09. The molecule has 0 aliphatic heterocycles. The molecule has 0 saturated heterocycles. The Kier molecular flexibility index (Phi) is 16.3. The normalized spacial score (nSPS) is 13.3. The first-order valence-corrected chi connectivity index (χ1v) is 17.8. The minimum absolute atomic E-state index is 0.0733. The third-order valence-corrected chi connectivity index (χ3v) is 8.42. The van der Waals surface area contributed by atoms with Crippen molar-refractivity contribution in [3.05, 3.63) is 100 Å². The van der Waals surface area contributed by atoms with E-state index in [2.05, 4.69) is 16.0 Å². The molecule has 0 aliphatic carbocycles. The Bertz CT molecular complexity index is 1570. The van der Waals surface area contributed by atoms with Crippen molar-refractivity contribution in [2.45, 2.75) is 71.1 Å². The Morgan fingerprint density at radius 1 is 0.804 bits per heavy atom. The number of Topliss-reactive ketones (excluding diaryl/α,β-unsaturated/α-hetero) is 1. The number of carbonyl (C=O) groups excluding carboxylic acids is 4. The predicted molar refractivity (Wildman–Crippen MR) is 195 cm³/mol. The molecule has 0 saturated carbocycles. The zero-order valence-electron chi connectivity index (χ0n) is 29.3. The lowest BCUT2D eigenvalue weighted by Gasteiger charge is -2.28. The molecule has 0 aromatic heterocycles. The van der Waals surface area contributed by atoms with Crippen molar-refractivity contribution in [3.8, 4) is 5.75 Å². The number of halogens is 4. The van der Waals surface area contributed by atoms with Gasteiger partial charge in [0, 0.05) is 29.6 Å². The van der Waals surface area contributed by atoms with Gasteiger partial charge >= 0.3 is 5.92 Å². The summed E-state index contributed by atoms with van der Waals surface area (Å²) in [6.45, 7) is 8.70. The van der Waals surface area contributed by atoms with Gasteiger partial charge in [-0.05, 0) is 61.2 Å². The molecule has 9 nitrogen and oxygen atoms in total. The number of hydrogen-bond acceptors (Lipinski definition) is 6. The fourth-order valence-electron chi connectivity index (χ4n) is 5.44. The molecule has 3 amide bonds. The van der Waals surface area contributed by atoms with Crippen molar-refractivity contribution in [3.63, 3.8) is 0 Å². The van der Waals surface area contributed by atoms with Crippen LogP contribution in [0, 0.1) is 5.92 Å². The summed E-state index contributed by atoms with van der Waals surface area (Å²) in [6, 6.07) is 18.4. The lowest BCUT2D eigenvalue weighted by molar-refractivity contribution is -0.161. The number of nitrogens with zero attached hydrogens (tertiary/aromatic N) is 1. The SMILES string of the molecule is CCCN(CCC)CCNC(=O)C(F)(F)C(=O)[C@@H](NC(=O)[C@@H](NC(=O)[C@@H](Cc1ccccc1)Oc1cc(Cl)cc(Cl)c1)c1ccccc1)C(C)C. The number of ether oxygens (including phenoxy) is 1. The highest BCUT2D eigenvalue weighted by atomic mass is 35.5. The first kappa shape index (κ1) is 41.4. The quantitative estimate of drug-likeness (QED) is 0.115. The number of carbonyl (C=O) groups is 4. The van der Waals surface area contributed by atoms with E-state index < -0.39 is 53.5 Å². The highest BCUT2D eigenvalue weighted by Crippen LogP contribution is 2.27. The van der Waals surface area contributed by atoms with Crippen LogP contribution >= 0.6 is 23.2 Å². The van der Waals surface area contributed by atoms with E-state index in [0.29, 0.717) is 12.1 Å². The minimum atomic E-state index is -4.43. The van der Waals surface area contributed by atoms with Crippen LogP contribution < -0.4 is 20.7 Å². The molecule has 3 N–H and O–H groups in total. The standard InChI is InChI=1S/C38H46Cl2F2N4O5/c1-5-18-46(19-6-2)20-17-43-37(50)38(41,42)34(47)32(25(3)4)44-36(49)33(27-15-11-8-12-16-27)45-35(48)31(21-26-13-9-7-10-14-26)51-30-23-28(39)22-29(40)24-30/h7-16,22-25,31-33H,5-6,17-21H2,1-4H3,(H,43,50)(H,44,49)(H,45,48)/t31-,32+,33+/m1/s1. The summed E-state index contributed by atoms with van der Waals surface area (Å²) in [6.07, 6.45) is 0.617. The fraction of sp³-hybridized carbons (Fsp3) is 0.421. The largest absolute Gasteiger partial charge is 0.480 e. The molecule has 0 unspecified atom stereocenters. The van der Waals surface area contributed by atoms with E-state index in [1.54, 1.807) is 54.6 Å². The van der Waals surface area contributed by atoms with Crippen LogP contribution in [0.3, 0.4) is 0 Å². The molecular formula is C38H46Cl2F2N4O5. The molecule has 0 fully saturated rings. The van der Waals surface area contributed by atoms with Crippen LogP contribution in [0.1, 0.15) is 57.7 Å². The molecule has 0 spiro atoms. The van der Waals surface area contributed by atoms with Crippen LogP contribution in [0.4, 0.5) is 8.78 Å². The zero-order valence-corrected chi connectivity index (χ0v) is 30.8. The van der Waals surface area contributed by atoms with Gasteiger partial charge in [-0.3, -0.25) is 19.2 Å². The van der Waals surface area contributed by atoms with E-state index in [0.717, 1.165) is 31.5 Å². The van der Waals surface area contributed by atoms with E-state index in [1.165, 1.54) is 32.0 Å². The van der Waals surface area contributed by atoms with E-state index in [9.17, 15) is 19.2 Å². The van der Waals surface area contributed by atoms with Gasteiger partial charge in [-0.15, -0.1) is 0 Å². The van der Waals surface area contributed by atoms with Crippen LogP contribution in [0.15, 0.2) is 78.9 Å². The summed E-state index contributed by atoms with van der Waals surface area (Å²) >= 11 is 12.3. The van der Waals surface area contributed by atoms with Crippen molar-refractivity contribution in [1.29, 1.82) is 0 Å². The molecule has 0 heterocycles. The van der Waals surface area contributed by atoms with Crippen molar-refractivity contribution in [1.82, 2.24) is 20.9 Å². The van der Waals surface area contributed by atoms with Gasteiger partial charge in [-0.2, -0.15) is 8.78 Å². The molecule has 3 rings (SSSR count). The topological polar surface area (TPSA) is 117 Å². The highest BCUT2D eigenvalue weighted by Gasteiger charge is 2.51. The molecule has 51 heavy (non-hydrogen) atoms. The summed E-state index contributed by atoms with van der Waals surface area (Å²) < 4.78 is 36.8. The Morgan fingerprint density at radius 3 is 1.92 bits per heavy atom. The second kappa shape index (κ2) is 20.1. The molecule has 276 valence electrons. The molecule has 13 heteroatoms. The molecule has 0 bridgehead atoms. The van der Waals surface area contributed by atoms with Crippen molar-refractivity contribution < 1.29 is 32.7 Å². The van der Waals surface area contributed by atoms with E-state index >= 15 is 8.78 Å². The fourth-order valence-corrected chi connectivity index (χ4v) is 5.95. The Hall–Kier alpha value is -4.06. The van der Waals surface area contributed by atoms with Gasteiger partial charge in [0.1, 0.15) is 11.8 Å². The number of nitrogens with one attached hydrogen (secondary N) is 3. The number of rotatable bonds is 20. The van der Waals surface area contributed by atoms with Crippen LogP contribution in [0.5, 0.6) is 5.75 Å². The van der Waals surface area contributed by atoms with Gasteiger partial charge in [0.25, 0.3) is 11.8 Å². The van der Waals surface area contributed by atoms with Gasteiger partial charge in [0.05, 0.1) is 6.04 Å². The van der Waals surface area contributed by atoms with Crippen molar-refractivity contribution >= 4 is 46.7 Å². The minimum Gasteiger partial charge on any atom is -0.480 e. The number of ketones is 1. The van der Waals surface area contributed by atoms with Gasteiger partial charge < -0.3 is 25.6 Å². The lowest BCUT2D eigenvalue weighted by Crippen LogP contribution is -2.58. The third kappa shape index (κ3) is 12.6. The summed E-state index contributed by atoms with van der Waals surface area (Å²) in [4.78, 5) is 55.7. The number of alkyl halides is 2. The highest BCUT2D eigenvalue weighted by molar-refractivity contribution is 6.34.